The first-order valence-electron chi connectivity index (χ1n) is 5.39. The summed E-state index contributed by atoms with van der Waals surface area (Å²) in [4.78, 5) is 7.78. The van der Waals surface area contributed by atoms with Crippen molar-refractivity contribution in [1.82, 2.24) is 19.6 Å². The van der Waals surface area contributed by atoms with E-state index in [4.69, 9.17) is 0 Å². The molecule has 0 N–H and O–H groups in total. The van der Waals surface area contributed by atoms with Crippen molar-refractivity contribution in [2.45, 2.75) is 6.18 Å². The van der Waals surface area contributed by atoms with Gasteiger partial charge in [0.25, 0.3) is 5.78 Å². The van der Waals surface area contributed by atoms with Crippen LogP contribution in [0, 0.1) is 0 Å². The van der Waals surface area contributed by atoms with E-state index in [9.17, 15) is 13.2 Å². The van der Waals surface area contributed by atoms with E-state index in [1.54, 1.807) is 6.07 Å². The van der Waals surface area contributed by atoms with Gasteiger partial charge in [0.2, 0.25) is 0 Å². The quantitative estimate of drug-likeness (QED) is 0.678. The smallest absolute Gasteiger partial charge is 0.220 e. The third-order valence-corrected chi connectivity index (χ3v) is 2.69. The molecule has 0 radical (unpaired) electrons. The zero-order valence-corrected chi connectivity index (χ0v) is 9.46. The van der Waals surface area contributed by atoms with Gasteiger partial charge in [0, 0.05) is 11.8 Å². The van der Waals surface area contributed by atoms with Crippen LogP contribution < -0.4 is 0 Å². The Morgan fingerprint density at radius 1 is 1.00 bits per heavy atom. The van der Waals surface area contributed by atoms with Gasteiger partial charge in [-0.15, -0.1) is 0 Å². The van der Waals surface area contributed by atoms with Gasteiger partial charge in [0.05, 0.1) is 11.3 Å². The zero-order chi connectivity index (χ0) is 13.5. The third kappa shape index (κ3) is 1.92. The molecular weight excluding hydrogens is 257 g/mol. The van der Waals surface area contributed by atoms with Crippen molar-refractivity contribution in [2.75, 3.05) is 0 Å². The molecule has 0 aliphatic heterocycles. The molecule has 0 unspecified atom stereocenters. The van der Waals surface area contributed by atoms with Gasteiger partial charge in [0.1, 0.15) is 6.33 Å². The lowest BCUT2D eigenvalue weighted by Crippen LogP contribution is -2.08. The van der Waals surface area contributed by atoms with Crippen LogP contribution in [0.3, 0.4) is 0 Å². The van der Waals surface area contributed by atoms with Crippen LogP contribution in [0.2, 0.25) is 0 Å². The minimum absolute atomic E-state index is 0.0490. The topological polar surface area (TPSA) is 43.1 Å². The van der Waals surface area contributed by atoms with E-state index >= 15 is 0 Å². The number of hydrogen-bond donors (Lipinski definition) is 0. The Morgan fingerprint density at radius 3 is 2.58 bits per heavy atom. The summed E-state index contributed by atoms with van der Waals surface area (Å²) in [6.45, 7) is 0. The second kappa shape index (κ2) is 4.04. The number of fused-ring (bicyclic) bond motifs is 1. The molecule has 0 aliphatic carbocycles. The van der Waals surface area contributed by atoms with Crippen LogP contribution in [0.5, 0.6) is 0 Å². The van der Waals surface area contributed by atoms with Gasteiger partial charge in [-0.1, -0.05) is 18.2 Å². The van der Waals surface area contributed by atoms with E-state index in [0.717, 1.165) is 6.07 Å². The average molecular weight is 264 g/mol. The Balaban J connectivity index is 2.31. The first kappa shape index (κ1) is 11.6. The van der Waals surface area contributed by atoms with Gasteiger partial charge in [0.15, 0.2) is 0 Å². The van der Waals surface area contributed by atoms with Crippen molar-refractivity contribution in [3.05, 3.63) is 48.4 Å². The molecule has 96 valence electrons. The number of hydrogen-bond acceptors (Lipinski definition) is 3. The summed E-state index contributed by atoms with van der Waals surface area (Å²) in [5.41, 5.74) is -0.360. The van der Waals surface area contributed by atoms with E-state index < -0.39 is 11.7 Å². The molecule has 2 aromatic heterocycles. The molecule has 0 saturated carbocycles. The Kier molecular flexibility index (Phi) is 2.48. The average Bonchev–Trinajstić information content (AvgIpc) is 2.85. The van der Waals surface area contributed by atoms with Crippen LogP contribution in [0.15, 0.2) is 42.9 Å². The zero-order valence-electron chi connectivity index (χ0n) is 9.46. The fourth-order valence-corrected chi connectivity index (χ4v) is 1.90. The number of aromatic nitrogens is 4. The van der Waals surface area contributed by atoms with E-state index in [2.05, 4.69) is 15.1 Å². The van der Waals surface area contributed by atoms with Gasteiger partial charge >= 0.3 is 6.18 Å². The second-order valence-corrected chi connectivity index (χ2v) is 3.85. The molecule has 4 nitrogen and oxygen atoms in total. The summed E-state index contributed by atoms with van der Waals surface area (Å²) < 4.78 is 40.3. The summed E-state index contributed by atoms with van der Waals surface area (Å²) in [5.74, 6) is 0.259. The fourth-order valence-electron chi connectivity index (χ4n) is 1.90. The molecule has 7 heteroatoms. The van der Waals surface area contributed by atoms with Crippen LogP contribution >= 0.6 is 0 Å². The summed E-state index contributed by atoms with van der Waals surface area (Å²) in [6.07, 6.45) is -1.76. The predicted molar refractivity (Wildman–Crippen MR) is 61.2 cm³/mol. The number of rotatable bonds is 1. The summed E-state index contributed by atoms with van der Waals surface area (Å²) >= 11 is 0. The standard InChI is InChI=1S/C12H7F3N4/c13-12(14,15)9-4-2-1-3-8(9)10-5-6-16-11-17-7-18-19(10)11/h1-7H. The summed E-state index contributed by atoms with van der Waals surface area (Å²) in [6, 6.07) is 6.82. The number of nitrogens with zero attached hydrogens (tertiary/aromatic N) is 4. The molecule has 3 aromatic rings. The maximum absolute atomic E-state index is 13.0. The van der Waals surface area contributed by atoms with Gasteiger partial charge < -0.3 is 0 Å². The Bertz CT molecular complexity index is 733. The maximum Gasteiger partial charge on any atom is 0.417 e. The minimum atomic E-state index is -4.42. The van der Waals surface area contributed by atoms with Gasteiger partial charge in [-0.05, 0) is 12.1 Å². The lowest BCUT2D eigenvalue weighted by Gasteiger charge is -2.12. The first-order chi connectivity index (χ1) is 9.07. The van der Waals surface area contributed by atoms with Crippen LogP contribution in [-0.2, 0) is 6.18 Å². The molecule has 1 aromatic carbocycles. The van der Waals surface area contributed by atoms with Gasteiger partial charge in [-0.2, -0.15) is 27.8 Å². The molecule has 0 saturated heterocycles. The van der Waals surface area contributed by atoms with Crippen molar-refractivity contribution in [1.29, 1.82) is 0 Å². The van der Waals surface area contributed by atoms with Crippen LogP contribution in [-0.4, -0.2) is 19.6 Å². The normalized spacial score (nSPS) is 11.9. The molecule has 3 rings (SSSR count). The van der Waals surface area contributed by atoms with Crippen molar-refractivity contribution in [3.8, 4) is 11.3 Å². The second-order valence-electron chi connectivity index (χ2n) is 3.85. The van der Waals surface area contributed by atoms with E-state index in [-0.39, 0.29) is 11.3 Å². The Hall–Kier alpha value is -2.44. The molecule has 0 spiro atoms. The molecule has 2 heterocycles. The molecular formula is C12H7F3N4. The van der Waals surface area contributed by atoms with Crippen LogP contribution in [0.25, 0.3) is 17.0 Å². The van der Waals surface area contributed by atoms with E-state index in [0.29, 0.717) is 5.69 Å². The Morgan fingerprint density at radius 2 is 1.79 bits per heavy atom. The highest BCUT2D eigenvalue weighted by Gasteiger charge is 2.33. The molecule has 19 heavy (non-hydrogen) atoms. The minimum Gasteiger partial charge on any atom is -0.220 e. The highest BCUT2D eigenvalue weighted by molar-refractivity contribution is 5.66. The first-order valence-corrected chi connectivity index (χ1v) is 5.39. The van der Waals surface area contributed by atoms with Gasteiger partial charge in [-0.3, -0.25) is 0 Å². The van der Waals surface area contributed by atoms with Crippen molar-refractivity contribution < 1.29 is 13.2 Å². The fraction of sp³-hybridized carbons (Fsp3) is 0.0833. The maximum atomic E-state index is 13.0. The highest BCUT2D eigenvalue weighted by Crippen LogP contribution is 2.36. The van der Waals surface area contributed by atoms with Gasteiger partial charge in [-0.25, -0.2) is 4.98 Å². The predicted octanol–water partition coefficient (Wildman–Crippen LogP) is 2.81. The number of halogens is 3. The molecule has 0 fully saturated rings. The highest BCUT2D eigenvalue weighted by atomic mass is 19.4. The molecule has 0 bridgehead atoms. The number of alkyl halides is 3. The third-order valence-electron chi connectivity index (χ3n) is 2.69. The Labute approximate surface area is 105 Å². The lowest BCUT2D eigenvalue weighted by atomic mass is 10.0. The summed E-state index contributed by atoms with van der Waals surface area (Å²) in [7, 11) is 0. The van der Waals surface area contributed by atoms with Crippen LogP contribution in [0.4, 0.5) is 13.2 Å². The van der Waals surface area contributed by atoms with E-state index in [1.807, 2.05) is 0 Å². The van der Waals surface area contributed by atoms with Crippen LogP contribution in [0.1, 0.15) is 5.56 Å². The number of benzene rings is 1. The SMILES string of the molecule is FC(F)(F)c1ccccc1-c1ccnc2ncnn12. The molecule has 0 atom stereocenters. The van der Waals surface area contributed by atoms with E-state index in [1.165, 1.54) is 35.2 Å². The lowest BCUT2D eigenvalue weighted by molar-refractivity contribution is -0.137. The summed E-state index contributed by atoms with van der Waals surface area (Å²) in [5, 5.41) is 3.89. The van der Waals surface area contributed by atoms with Crippen molar-refractivity contribution in [3.63, 3.8) is 0 Å². The molecule has 0 aliphatic rings. The molecule has 0 amide bonds. The largest absolute Gasteiger partial charge is 0.417 e. The monoisotopic (exact) mass is 264 g/mol. The van der Waals surface area contributed by atoms with Crippen molar-refractivity contribution in [2.24, 2.45) is 0 Å². The van der Waals surface area contributed by atoms with Crippen molar-refractivity contribution >= 4 is 5.78 Å².